The lowest BCUT2D eigenvalue weighted by Crippen LogP contribution is -2.52. The number of benzene rings is 3. The van der Waals surface area contributed by atoms with Crippen molar-refractivity contribution in [1.29, 1.82) is 0 Å². The topological polar surface area (TPSA) is 167 Å². The summed E-state index contributed by atoms with van der Waals surface area (Å²) in [6.45, 7) is 7.49. The number of likely N-dealkylation sites (tertiary alicyclic amines) is 1. The molecule has 15 heteroatoms. The van der Waals surface area contributed by atoms with E-state index in [0.717, 1.165) is 71.4 Å². The summed E-state index contributed by atoms with van der Waals surface area (Å²) in [6.07, 6.45) is 4.61. The molecule has 3 aromatic carbocycles. The molecule has 0 bridgehead atoms. The van der Waals surface area contributed by atoms with Crippen molar-refractivity contribution in [3.8, 4) is 5.75 Å². The van der Waals surface area contributed by atoms with Crippen LogP contribution in [0.1, 0.15) is 63.9 Å². The second-order valence-electron chi connectivity index (χ2n) is 15.8. The molecule has 15 nitrogen and oxygen atoms in total. The van der Waals surface area contributed by atoms with E-state index < -0.39 is 11.9 Å². The molecule has 3 N–H and O–H groups in total. The average Bonchev–Trinajstić information content (AvgIpc) is 3.70. The Kier molecular flexibility index (Phi) is 9.76. The summed E-state index contributed by atoms with van der Waals surface area (Å²) < 4.78 is 8.08. The molecule has 0 spiro atoms. The third-order valence-corrected chi connectivity index (χ3v) is 11.8. The lowest BCUT2D eigenvalue weighted by atomic mass is 9.99. The average molecular weight is 783 g/mol. The van der Waals surface area contributed by atoms with E-state index in [1.807, 2.05) is 36.2 Å². The quantitative estimate of drug-likeness (QED) is 0.178. The summed E-state index contributed by atoms with van der Waals surface area (Å²) >= 11 is 0. The fourth-order valence-electron chi connectivity index (χ4n) is 8.57. The molecular formula is C43H46N10O5. The number of piperidine rings is 2. The molecule has 58 heavy (non-hydrogen) atoms. The number of aromatic nitrogens is 4. The highest BCUT2D eigenvalue weighted by Gasteiger charge is 2.39. The predicted molar refractivity (Wildman–Crippen MR) is 217 cm³/mol. The molecule has 2 fully saturated rings. The largest absolute Gasteiger partial charge is 0.490 e. The maximum atomic E-state index is 13.6. The Morgan fingerprint density at radius 2 is 1.69 bits per heavy atom. The molecule has 5 aromatic rings. The second-order valence-corrected chi connectivity index (χ2v) is 15.8. The normalized spacial score (nSPS) is 18.6. The van der Waals surface area contributed by atoms with Crippen LogP contribution in [0.25, 0.3) is 11.0 Å². The molecule has 4 aliphatic heterocycles. The first kappa shape index (κ1) is 37.2. The maximum absolute atomic E-state index is 13.6. The van der Waals surface area contributed by atoms with Crippen molar-refractivity contribution in [1.82, 2.24) is 39.8 Å². The smallest absolute Gasteiger partial charge is 0.255 e. The monoisotopic (exact) mass is 782 g/mol. The first-order chi connectivity index (χ1) is 28.1. The van der Waals surface area contributed by atoms with Gasteiger partial charge in [0.2, 0.25) is 23.7 Å². The molecule has 0 radical (unpaired) electrons. The maximum Gasteiger partial charge on any atom is 0.255 e. The Labute approximate surface area is 335 Å². The Balaban J connectivity index is 0.774. The lowest BCUT2D eigenvalue weighted by Gasteiger charge is -2.34. The summed E-state index contributed by atoms with van der Waals surface area (Å²) in [6, 6.07) is 17.3. The Hall–Kier alpha value is -6.35. The second kappa shape index (κ2) is 15.2. The Morgan fingerprint density at radius 1 is 0.897 bits per heavy atom. The molecule has 298 valence electrons. The van der Waals surface area contributed by atoms with Crippen molar-refractivity contribution in [2.45, 2.75) is 71.2 Å². The van der Waals surface area contributed by atoms with Crippen molar-refractivity contribution in [2.75, 3.05) is 36.8 Å². The minimum absolute atomic E-state index is 0.0379. The van der Waals surface area contributed by atoms with Crippen molar-refractivity contribution >= 4 is 57.8 Å². The highest BCUT2D eigenvalue weighted by atomic mass is 16.5. The molecule has 1 unspecified atom stereocenters. The van der Waals surface area contributed by atoms with E-state index in [-0.39, 0.29) is 30.2 Å². The molecule has 6 heterocycles. The number of hydrogen-bond donors (Lipinski definition) is 3. The van der Waals surface area contributed by atoms with Crippen molar-refractivity contribution in [3.05, 3.63) is 94.2 Å². The highest BCUT2D eigenvalue weighted by molar-refractivity contribution is 6.05. The zero-order valence-corrected chi connectivity index (χ0v) is 32.9. The number of hydrogen-bond acceptors (Lipinski definition) is 11. The number of fused-ring (bicyclic) bond motifs is 3. The van der Waals surface area contributed by atoms with Crippen LogP contribution in [-0.2, 0) is 40.9 Å². The van der Waals surface area contributed by atoms with Crippen molar-refractivity contribution in [3.63, 3.8) is 0 Å². The first-order valence-corrected chi connectivity index (χ1v) is 19.9. The van der Waals surface area contributed by atoms with Gasteiger partial charge >= 0.3 is 0 Å². The molecule has 9 rings (SSSR count). The van der Waals surface area contributed by atoms with Gasteiger partial charge in [0, 0.05) is 69.3 Å². The number of rotatable bonds is 9. The highest BCUT2D eigenvalue weighted by Crippen LogP contribution is 2.33. The number of carbonyl (C=O) groups is 4. The number of imide groups is 1. The van der Waals surface area contributed by atoms with Crippen LogP contribution in [0.2, 0.25) is 0 Å². The summed E-state index contributed by atoms with van der Waals surface area (Å²) in [7, 11) is 1.87. The SMILES string of the molecule is Cc1cccc(C)c1Nc1nn(C)c2nc(Nc3ccc4c(c3)CN(C(=O)CN3CCC(Oc5ccc6c(c5)C(=O)N(C5CCC(=O)NC5=O)C6)CC3)CC4)ncc12. The fourth-order valence-corrected chi connectivity index (χ4v) is 8.57. The van der Waals surface area contributed by atoms with E-state index in [9.17, 15) is 19.2 Å². The van der Waals surface area contributed by atoms with Gasteiger partial charge in [-0.1, -0.05) is 30.3 Å². The van der Waals surface area contributed by atoms with Crippen molar-refractivity contribution in [2.24, 2.45) is 7.05 Å². The standard InChI is InChI=1S/C43H46N10O5/c1-25-5-4-6-26(2)38(25)47-39-34-21-44-43(48-40(34)50(3)49-39)45-30-9-7-27-13-18-52(22-29(27)19-30)37(55)24-51-16-14-31(15-17-51)58-32-10-8-28-23-53(42(57)33(28)20-32)35-11-12-36(54)46-41(35)56/h4-10,19-21,31,35H,11-18,22-24H2,1-3H3,(H,47,49)(H,44,45,48)(H,46,54,56). The van der Waals surface area contributed by atoms with Gasteiger partial charge in [-0.3, -0.25) is 29.4 Å². The molecular weight excluding hydrogens is 737 g/mol. The van der Waals surface area contributed by atoms with Gasteiger partial charge in [-0.2, -0.15) is 10.1 Å². The lowest BCUT2D eigenvalue weighted by molar-refractivity contribution is -0.137. The number of aryl methyl sites for hydroxylation is 3. The van der Waals surface area contributed by atoms with Crippen LogP contribution in [0.15, 0.2) is 60.8 Å². The summed E-state index contributed by atoms with van der Waals surface area (Å²) in [4.78, 5) is 65.9. The van der Waals surface area contributed by atoms with Gasteiger partial charge in [0.15, 0.2) is 11.5 Å². The van der Waals surface area contributed by atoms with Crippen LogP contribution in [0.5, 0.6) is 5.75 Å². The Morgan fingerprint density at radius 3 is 2.48 bits per heavy atom. The van der Waals surface area contributed by atoms with Crippen LogP contribution in [0, 0.1) is 13.8 Å². The molecule has 2 saturated heterocycles. The number of anilines is 4. The van der Waals surface area contributed by atoms with Gasteiger partial charge < -0.3 is 25.2 Å². The van der Waals surface area contributed by atoms with Crippen LogP contribution < -0.4 is 20.7 Å². The van der Waals surface area contributed by atoms with Gasteiger partial charge in [-0.15, -0.1) is 0 Å². The van der Waals surface area contributed by atoms with E-state index in [2.05, 4.69) is 63.9 Å². The third-order valence-electron chi connectivity index (χ3n) is 11.8. The van der Waals surface area contributed by atoms with Crippen molar-refractivity contribution < 1.29 is 23.9 Å². The van der Waals surface area contributed by atoms with Gasteiger partial charge in [0.05, 0.1) is 11.9 Å². The minimum atomic E-state index is -0.648. The molecule has 2 aromatic heterocycles. The van der Waals surface area contributed by atoms with Gasteiger partial charge in [-0.05, 0) is 91.6 Å². The van der Waals surface area contributed by atoms with Gasteiger partial charge in [0.1, 0.15) is 17.9 Å². The predicted octanol–water partition coefficient (Wildman–Crippen LogP) is 4.66. The summed E-state index contributed by atoms with van der Waals surface area (Å²) in [5.74, 6) is 0.948. The minimum Gasteiger partial charge on any atom is -0.490 e. The van der Waals surface area contributed by atoms with Crippen LogP contribution in [-0.4, -0.2) is 96.4 Å². The van der Waals surface area contributed by atoms with E-state index in [1.165, 1.54) is 5.56 Å². The summed E-state index contributed by atoms with van der Waals surface area (Å²) in [5, 5.41) is 14.7. The number of para-hydroxylation sites is 1. The molecule has 0 aliphatic carbocycles. The zero-order valence-electron chi connectivity index (χ0n) is 32.9. The summed E-state index contributed by atoms with van der Waals surface area (Å²) in [5.41, 5.74) is 8.56. The van der Waals surface area contributed by atoms with Crippen LogP contribution in [0.3, 0.4) is 0 Å². The van der Waals surface area contributed by atoms with Gasteiger partial charge in [-0.25, -0.2) is 9.67 Å². The fraction of sp³-hybridized carbons (Fsp3) is 0.372. The van der Waals surface area contributed by atoms with E-state index in [4.69, 9.17) is 14.8 Å². The zero-order chi connectivity index (χ0) is 40.1. The molecule has 4 amide bonds. The van der Waals surface area contributed by atoms with Crippen LogP contribution >= 0.6 is 0 Å². The Bertz CT molecular complexity index is 2450. The van der Waals surface area contributed by atoms with Crippen LogP contribution in [0.4, 0.5) is 23.1 Å². The molecule has 0 saturated carbocycles. The number of nitrogens with one attached hydrogen (secondary N) is 3. The van der Waals surface area contributed by atoms with E-state index in [1.54, 1.807) is 21.8 Å². The number of amides is 4. The number of ether oxygens (including phenoxy) is 1. The number of nitrogens with zero attached hydrogens (tertiary/aromatic N) is 7. The van der Waals surface area contributed by atoms with E-state index in [0.29, 0.717) is 61.3 Å². The molecule has 1 atom stereocenters. The number of carbonyl (C=O) groups excluding carboxylic acids is 4. The third kappa shape index (κ3) is 7.33. The van der Waals surface area contributed by atoms with Gasteiger partial charge in [0.25, 0.3) is 5.91 Å². The first-order valence-electron chi connectivity index (χ1n) is 19.9. The molecule has 4 aliphatic rings. The van der Waals surface area contributed by atoms with E-state index >= 15 is 0 Å².